The van der Waals surface area contributed by atoms with Gasteiger partial charge in [-0.1, -0.05) is 28.1 Å². The summed E-state index contributed by atoms with van der Waals surface area (Å²) in [6, 6.07) is 15.1. The monoisotopic (exact) mass is 384 g/mol. The molecule has 2 rings (SSSR count). The third-order valence-electron chi connectivity index (χ3n) is 3.02. The van der Waals surface area contributed by atoms with Crippen molar-refractivity contribution in [3.05, 3.63) is 70.3 Å². The molecule has 0 aliphatic carbocycles. The van der Waals surface area contributed by atoms with E-state index in [4.69, 9.17) is 11.0 Å². The molecule has 4 N–H and O–H groups in total. The van der Waals surface area contributed by atoms with E-state index in [0.29, 0.717) is 11.4 Å². The SMILES string of the molecule is N#C/C(=C/NC(=O)c1ccccc1N)C(=O)Nc1ccc(Br)cc1. The molecule has 2 amide bonds. The molecule has 0 fully saturated rings. The number of nitrogens with zero attached hydrogens (tertiary/aromatic N) is 1. The Balaban J connectivity index is 2.07. The van der Waals surface area contributed by atoms with Crippen LogP contribution in [0.25, 0.3) is 0 Å². The van der Waals surface area contributed by atoms with Gasteiger partial charge in [0.2, 0.25) is 0 Å². The second kappa shape index (κ2) is 7.94. The van der Waals surface area contributed by atoms with Gasteiger partial charge in [-0.3, -0.25) is 9.59 Å². The summed E-state index contributed by atoms with van der Waals surface area (Å²) in [6.45, 7) is 0. The van der Waals surface area contributed by atoms with Crippen LogP contribution in [0.1, 0.15) is 10.4 Å². The molecule has 24 heavy (non-hydrogen) atoms. The zero-order valence-electron chi connectivity index (χ0n) is 12.4. The molecule has 6 nitrogen and oxygen atoms in total. The lowest BCUT2D eigenvalue weighted by molar-refractivity contribution is -0.112. The first-order valence-corrected chi connectivity index (χ1v) is 7.63. The van der Waals surface area contributed by atoms with E-state index in [2.05, 4.69) is 26.6 Å². The summed E-state index contributed by atoms with van der Waals surface area (Å²) in [5, 5.41) is 14.1. The number of hydrogen-bond donors (Lipinski definition) is 3. The van der Waals surface area contributed by atoms with Gasteiger partial charge < -0.3 is 16.4 Å². The number of nitrogens with two attached hydrogens (primary N) is 1. The van der Waals surface area contributed by atoms with Crippen LogP contribution in [0.15, 0.2) is 64.8 Å². The van der Waals surface area contributed by atoms with Crippen molar-refractivity contribution in [3.8, 4) is 6.07 Å². The molecular weight excluding hydrogens is 372 g/mol. The average molecular weight is 385 g/mol. The topological polar surface area (TPSA) is 108 Å². The lowest BCUT2D eigenvalue weighted by Crippen LogP contribution is -2.22. The summed E-state index contributed by atoms with van der Waals surface area (Å²) in [5.74, 6) is -1.13. The molecule has 2 aromatic carbocycles. The Labute approximate surface area is 147 Å². The van der Waals surface area contributed by atoms with Gasteiger partial charge in [0, 0.05) is 22.0 Å². The average Bonchev–Trinajstić information content (AvgIpc) is 2.57. The van der Waals surface area contributed by atoms with Gasteiger partial charge in [0.25, 0.3) is 11.8 Å². The zero-order valence-corrected chi connectivity index (χ0v) is 14.0. The van der Waals surface area contributed by atoms with Gasteiger partial charge in [-0.15, -0.1) is 0 Å². The van der Waals surface area contributed by atoms with Gasteiger partial charge in [-0.25, -0.2) is 0 Å². The van der Waals surface area contributed by atoms with Crippen molar-refractivity contribution in [2.24, 2.45) is 0 Å². The fourth-order valence-electron chi connectivity index (χ4n) is 1.80. The molecule has 0 aliphatic rings. The van der Waals surface area contributed by atoms with E-state index in [-0.39, 0.29) is 11.1 Å². The van der Waals surface area contributed by atoms with Crippen LogP contribution in [0.3, 0.4) is 0 Å². The van der Waals surface area contributed by atoms with E-state index in [1.807, 2.05) is 0 Å². The van der Waals surface area contributed by atoms with Crippen molar-refractivity contribution < 1.29 is 9.59 Å². The Morgan fingerprint density at radius 1 is 1.12 bits per heavy atom. The largest absolute Gasteiger partial charge is 0.398 e. The first kappa shape index (κ1) is 17.2. The molecule has 0 aromatic heterocycles. The maximum absolute atomic E-state index is 12.1. The molecule has 0 saturated heterocycles. The van der Waals surface area contributed by atoms with Crippen molar-refractivity contribution in [1.82, 2.24) is 5.32 Å². The Morgan fingerprint density at radius 3 is 2.42 bits per heavy atom. The predicted molar refractivity (Wildman–Crippen MR) is 94.8 cm³/mol. The summed E-state index contributed by atoms with van der Waals surface area (Å²) >= 11 is 3.29. The number of nitrogen functional groups attached to an aromatic ring is 1. The van der Waals surface area contributed by atoms with Crippen LogP contribution in [-0.2, 0) is 4.79 Å². The lowest BCUT2D eigenvalue weighted by Gasteiger charge is -2.06. The van der Waals surface area contributed by atoms with E-state index in [0.717, 1.165) is 10.7 Å². The highest BCUT2D eigenvalue weighted by molar-refractivity contribution is 9.10. The summed E-state index contributed by atoms with van der Waals surface area (Å²) < 4.78 is 0.865. The molecule has 0 unspecified atom stereocenters. The summed E-state index contributed by atoms with van der Waals surface area (Å²) in [7, 11) is 0. The number of carbonyl (C=O) groups excluding carboxylic acids is 2. The second-order valence-electron chi connectivity index (χ2n) is 4.69. The van der Waals surface area contributed by atoms with Crippen molar-refractivity contribution in [3.63, 3.8) is 0 Å². The number of nitrogens with one attached hydrogen (secondary N) is 2. The number of halogens is 1. The van der Waals surface area contributed by atoms with Crippen LogP contribution >= 0.6 is 15.9 Å². The van der Waals surface area contributed by atoms with Crippen molar-refractivity contribution >= 4 is 39.1 Å². The van der Waals surface area contributed by atoms with Crippen molar-refractivity contribution in [2.75, 3.05) is 11.1 Å². The number of nitriles is 1. The molecule has 0 spiro atoms. The number of hydrogen-bond acceptors (Lipinski definition) is 4. The zero-order chi connectivity index (χ0) is 17.5. The minimum atomic E-state index is -0.624. The van der Waals surface area contributed by atoms with E-state index in [1.165, 1.54) is 0 Å². The van der Waals surface area contributed by atoms with Gasteiger partial charge in [-0.05, 0) is 36.4 Å². The normalized spacial score (nSPS) is 10.6. The number of rotatable bonds is 4. The maximum Gasteiger partial charge on any atom is 0.267 e. The van der Waals surface area contributed by atoms with Crippen LogP contribution in [0, 0.1) is 11.3 Å². The minimum absolute atomic E-state index is 0.235. The lowest BCUT2D eigenvalue weighted by atomic mass is 10.1. The van der Waals surface area contributed by atoms with Crippen molar-refractivity contribution in [1.29, 1.82) is 5.26 Å². The first-order chi connectivity index (χ1) is 11.5. The Hall–Kier alpha value is -3.11. The van der Waals surface area contributed by atoms with Gasteiger partial charge in [0.15, 0.2) is 0 Å². The quantitative estimate of drug-likeness (QED) is 0.427. The Bertz CT molecular complexity index is 838. The van der Waals surface area contributed by atoms with Crippen LogP contribution < -0.4 is 16.4 Å². The molecule has 0 aliphatic heterocycles. The summed E-state index contributed by atoms with van der Waals surface area (Å²) in [6.07, 6.45) is 1.06. The number of amides is 2. The molecule has 120 valence electrons. The van der Waals surface area contributed by atoms with Crippen LogP contribution in [0.2, 0.25) is 0 Å². The van der Waals surface area contributed by atoms with Gasteiger partial charge in [-0.2, -0.15) is 5.26 Å². The van der Waals surface area contributed by atoms with E-state index in [9.17, 15) is 9.59 Å². The van der Waals surface area contributed by atoms with Gasteiger partial charge in [0.05, 0.1) is 5.56 Å². The maximum atomic E-state index is 12.1. The van der Waals surface area contributed by atoms with Crippen LogP contribution in [-0.4, -0.2) is 11.8 Å². The summed E-state index contributed by atoms with van der Waals surface area (Å²) in [4.78, 5) is 24.1. The highest BCUT2D eigenvalue weighted by Gasteiger charge is 2.12. The van der Waals surface area contributed by atoms with E-state index >= 15 is 0 Å². The van der Waals surface area contributed by atoms with Crippen LogP contribution in [0.4, 0.5) is 11.4 Å². The molecule has 2 aromatic rings. The second-order valence-corrected chi connectivity index (χ2v) is 5.61. The number of carbonyl (C=O) groups is 2. The minimum Gasteiger partial charge on any atom is -0.398 e. The van der Waals surface area contributed by atoms with E-state index in [1.54, 1.807) is 54.6 Å². The van der Waals surface area contributed by atoms with Gasteiger partial charge in [0.1, 0.15) is 11.6 Å². The molecule has 0 bridgehead atoms. The van der Waals surface area contributed by atoms with Gasteiger partial charge >= 0.3 is 0 Å². The highest BCUT2D eigenvalue weighted by atomic mass is 79.9. The fourth-order valence-corrected chi connectivity index (χ4v) is 2.06. The van der Waals surface area contributed by atoms with Crippen molar-refractivity contribution in [2.45, 2.75) is 0 Å². The highest BCUT2D eigenvalue weighted by Crippen LogP contribution is 2.15. The van der Waals surface area contributed by atoms with Crippen LogP contribution in [0.5, 0.6) is 0 Å². The number of para-hydroxylation sites is 1. The van der Waals surface area contributed by atoms with E-state index < -0.39 is 11.8 Å². The molecule has 0 heterocycles. The fraction of sp³-hybridized carbons (Fsp3) is 0. The number of anilines is 2. The Morgan fingerprint density at radius 2 is 1.79 bits per heavy atom. The molecular formula is C17H13BrN4O2. The molecule has 0 atom stereocenters. The molecule has 0 saturated carbocycles. The molecule has 7 heteroatoms. The summed E-state index contributed by atoms with van der Waals surface area (Å²) in [5.41, 5.74) is 6.57. The standard InChI is InChI=1S/C17H13BrN4O2/c18-12-5-7-13(8-6-12)22-16(23)11(9-19)10-21-17(24)14-3-1-2-4-15(14)20/h1-8,10H,20H2,(H,21,24)(H,22,23)/b11-10-. The Kier molecular flexibility index (Phi) is 5.71. The first-order valence-electron chi connectivity index (χ1n) is 6.84. The predicted octanol–water partition coefficient (Wildman–Crippen LogP) is 2.81. The smallest absolute Gasteiger partial charge is 0.267 e. The molecule has 0 radical (unpaired) electrons. The third kappa shape index (κ3) is 4.44. The number of benzene rings is 2. The third-order valence-corrected chi connectivity index (χ3v) is 3.55.